The van der Waals surface area contributed by atoms with Crippen molar-refractivity contribution >= 4 is 6.09 Å². The van der Waals surface area contributed by atoms with Gasteiger partial charge < -0.3 is 15.2 Å². The van der Waals surface area contributed by atoms with Crippen LogP contribution in [-0.2, 0) is 4.74 Å². The molecule has 1 saturated heterocycles. The van der Waals surface area contributed by atoms with Crippen molar-refractivity contribution in [3.63, 3.8) is 0 Å². The summed E-state index contributed by atoms with van der Waals surface area (Å²) in [6, 6.07) is 6.83. The summed E-state index contributed by atoms with van der Waals surface area (Å²) in [4.78, 5) is 10.9. The molecular weight excluding hydrogens is 182 g/mol. The highest BCUT2D eigenvalue weighted by Crippen LogP contribution is 2.22. The Labute approximate surface area is 81.5 Å². The van der Waals surface area contributed by atoms with Crippen LogP contribution in [0.25, 0.3) is 0 Å². The van der Waals surface area contributed by atoms with E-state index in [4.69, 9.17) is 4.74 Å². The zero-order valence-corrected chi connectivity index (χ0v) is 7.56. The monoisotopic (exact) mass is 193 g/mol. The number of ether oxygens (including phenoxy) is 1. The van der Waals surface area contributed by atoms with Crippen molar-refractivity contribution in [3.8, 4) is 5.75 Å². The van der Waals surface area contributed by atoms with Crippen molar-refractivity contribution in [3.05, 3.63) is 29.8 Å². The van der Waals surface area contributed by atoms with E-state index in [2.05, 4.69) is 5.32 Å². The molecule has 4 nitrogen and oxygen atoms in total. The zero-order chi connectivity index (χ0) is 9.97. The van der Waals surface area contributed by atoms with Crippen LogP contribution in [0.4, 0.5) is 4.79 Å². The molecule has 1 aromatic carbocycles. The second-order valence-electron chi connectivity index (χ2n) is 3.22. The molecule has 4 heteroatoms. The summed E-state index contributed by atoms with van der Waals surface area (Å²) < 4.78 is 4.75. The minimum absolute atomic E-state index is 0.0525. The number of hydrogen-bond acceptors (Lipinski definition) is 3. The van der Waals surface area contributed by atoms with Gasteiger partial charge in [-0.3, -0.25) is 0 Å². The number of phenols is 1. The van der Waals surface area contributed by atoms with Gasteiger partial charge in [0.1, 0.15) is 5.75 Å². The number of amides is 1. The van der Waals surface area contributed by atoms with E-state index in [-0.39, 0.29) is 11.8 Å². The number of cyclic esters (lactones) is 1. The molecule has 0 aromatic heterocycles. The highest BCUT2D eigenvalue weighted by molar-refractivity contribution is 5.68. The number of carbonyl (C=O) groups is 1. The average Bonchev–Trinajstić information content (AvgIpc) is 2.18. The number of alkyl carbamates (subject to hydrolysis) is 1. The Morgan fingerprint density at radius 1 is 1.50 bits per heavy atom. The molecule has 74 valence electrons. The first-order valence-electron chi connectivity index (χ1n) is 4.48. The van der Waals surface area contributed by atoms with Gasteiger partial charge in [-0.2, -0.15) is 0 Å². The number of aromatic hydroxyl groups is 1. The van der Waals surface area contributed by atoms with Crippen LogP contribution in [0.2, 0.25) is 0 Å². The molecule has 1 fully saturated rings. The lowest BCUT2D eigenvalue weighted by atomic mass is 10.0. The highest BCUT2D eigenvalue weighted by Gasteiger charge is 2.20. The number of nitrogens with one attached hydrogen (secondary N) is 1. The fourth-order valence-electron chi connectivity index (χ4n) is 1.52. The summed E-state index contributed by atoms with van der Waals surface area (Å²) in [6.45, 7) is 0.423. The smallest absolute Gasteiger partial charge is 0.407 e. The summed E-state index contributed by atoms with van der Waals surface area (Å²) in [7, 11) is 0. The largest absolute Gasteiger partial charge is 0.508 e. The molecule has 0 saturated carbocycles. The summed E-state index contributed by atoms with van der Waals surface area (Å²) in [5.41, 5.74) is 0.904. The summed E-state index contributed by atoms with van der Waals surface area (Å²) in [5, 5.41) is 12.0. The van der Waals surface area contributed by atoms with Crippen LogP contribution in [0, 0.1) is 0 Å². The SMILES string of the molecule is O=C1N[C@@H](c2cccc(O)c2)CCO1. The molecule has 0 bridgehead atoms. The van der Waals surface area contributed by atoms with E-state index >= 15 is 0 Å². The molecule has 2 rings (SSSR count). The van der Waals surface area contributed by atoms with E-state index in [1.165, 1.54) is 0 Å². The quantitative estimate of drug-likeness (QED) is 0.711. The van der Waals surface area contributed by atoms with Gasteiger partial charge >= 0.3 is 6.09 Å². The van der Waals surface area contributed by atoms with Crippen LogP contribution in [0.3, 0.4) is 0 Å². The molecule has 14 heavy (non-hydrogen) atoms. The van der Waals surface area contributed by atoms with E-state index in [0.29, 0.717) is 6.61 Å². The maximum atomic E-state index is 10.9. The van der Waals surface area contributed by atoms with Gasteiger partial charge in [-0.25, -0.2) is 4.79 Å². The predicted octanol–water partition coefficient (Wildman–Crippen LogP) is 1.56. The van der Waals surface area contributed by atoms with Gasteiger partial charge in [0.15, 0.2) is 0 Å². The lowest BCUT2D eigenvalue weighted by Crippen LogP contribution is -2.35. The average molecular weight is 193 g/mol. The normalized spacial score (nSPS) is 21.1. The molecule has 0 radical (unpaired) electrons. The highest BCUT2D eigenvalue weighted by atomic mass is 16.5. The van der Waals surface area contributed by atoms with Gasteiger partial charge in [-0.05, 0) is 17.7 Å². The fraction of sp³-hybridized carbons (Fsp3) is 0.300. The van der Waals surface area contributed by atoms with E-state index in [0.717, 1.165) is 12.0 Å². The second kappa shape index (κ2) is 3.57. The van der Waals surface area contributed by atoms with Gasteiger partial charge in [-0.1, -0.05) is 12.1 Å². The Bertz CT molecular complexity index is 351. The summed E-state index contributed by atoms with van der Waals surface area (Å²) in [6.07, 6.45) is 0.333. The minimum atomic E-state index is -0.399. The molecule has 1 heterocycles. The van der Waals surface area contributed by atoms with Crippen LogP contribution in [0.5, 0.6) is 5.75 Å². The van der Waals surface area contributed by atoms with Crippen molar-refractivity contribution in [1.82, 2.24) is 5.32 Å². The van der Waals surface area contributed by atoms with Crippen LogP contribution in [-0.4, -0.2) is 17.8 Å². The molecule has 0 aliphatic carbocycles. The van der Waals surface area contributed by atoms with E-state index in [9.17, 15) is 9.90 Å². The van der Waals surface area contributed by atoms with Gasteiger partial charge in [0.25, 0.3) is 0 Å². The number of benzene rings is 1. The van der Waals surface area contributed by atoms with Gasteiger partial charge in [0, 0.05) is 6.42 Å². The zero-order valence-electron chi connectivity index (χ0n) is 7.56. The Morgan fingerprint density at radius 2 is 2.36 bits per heavy atom. The maximum absolute atomic E-state index is 10.9. The van der Waals surface area contributed by atoms with E-state index < -0.39 is 6.09 Å². The lowest BCUT2D eigenvalue weighted by molar-refractivity contribution is 0.115. The fourth-order valence-corrected chi connectivity index (χ4v) is 1.52. The van der Waals surface area contributed by atoms with Crippen LogP contribution >= 0.6 is 0 Å². The Kier molecular flexibility index (Phi) is 2.26. The number of carbonyl (C=O) groups excluding carboxylic acids is 1. The summed E-state index contributed by atoms with van der Waals surface area (Å²) >= 11 is 0. The third-order valence-electron chi connectivity index (χ3n) is 2.20. The number of rotatable bonds is 1. The van der Waals surface area contributed by atoms with Crippen molar-refractivity contribution in [2.24, 2.45) is 0 Å². The van der Waals surface area contributed by atoms with Gasteiger partial charge in [0.05, 0.1) is 12.6 Å². The molecular formula is C10H11NO3. The number of phenolic OH excluding ortho intramolecular Hbond substituents is 1. The molecule has 1 aliphatic heterocycles. The van der Waals surface area contributed by atoms with Crippen molar-refractivity contribution in [2.75, 3.05) is 6.61 Å². The molecule has 1 amide bonds. The van der Waals surface area contributed by atoms with Crippen LogP contribution in [0.15, 0.2) is 24.3 Å². The maximum Gasteiger partial charge on any atom is 0.407 e. The first kappa shape index (κ1) is 8.87. The standard InChI is InChI=1S/C10H11NO3/c12-8-3-1-2-7(6-8)9-4-5-14-10(13)11-9/h1-3,6,9,12H,4-5H2,(H,11,13)/t9-/m1/s1. The third-order valence-corrected chi connectivity index (χ3v) is 2.20. The molecule has 1 aromatic rings. The van der Waals surface area contributed by atoms with E-state index in [1.54, 1.807) is 18.2 Å². The summed E-state index contributed by atoms with van der Waals surface area (Å²) in [5.74, 6) is 0.211. The molecule has 1 aliphatic rings. The van der Waals surface area contributed by atoms with E-state index in [1.807, 2.05) is 6.07 Å². The number of hydrogen-bond donors (Lipinski definition) is 2. The van der Waals surface area contributed by atoms with Crippen LogP contribution in [0.1, 0.15) is 18.0 Å². The van der Waals surface area contributed by atoms with Crippen LogP contribution < -0.4 is 5.32 Å². The Hall–Kier alpha value is -1.71. The van der Waals surface area contributed by atoms with Crippen molar-refractivity contribution in [2.45, 2.75) is 12.5 Å². The molecule has 0 spiro atoms. The third kappa shape index (κ3) is 1.79. The first-order chi connectivity index (χ1) is 6.75. The minimum Gasteiger partial charge on any atom is -0.508 e. The first-order valence-corrected chi connectivity index (χ1v) is 4.48. The predicted molar refractivity (Wildman–Crippen MR) is 49.9 cm³/mol. The second-order valence-corrected chi connectivity index (χ2v) is 3.22. The lowest BCUT2D eigenvalue weighted by Gasteiger charge is -2.23. The topological polar surface area (TPSA) is 58.6 Å². The Morgan fingerprint density at radius 3 is 3.07 bits per heavy atom. The Balaban J connectivity index is 2.17. The van der Waals surface area contributed by atoms with Crippen molar-refractivity contribution < 1.29 is 14.6 Å². The van der Waals surface area contributed by atoms with Gasteiger partial charge in [0.2, 0.25) is 0 Å². The van der Waals surface area contributed by atoms with Crippen molar-refractivity contribution in [1.29, 1.82) is 0 Å². The molecule has 2 N–H and O–H groups in total. The molecule has 0 unspecified atom stereocenters. The van der Waals surface area contributed by atoms with Gasteiger partial charge in [-0.15, -0.1) is 0 Å². The molecule has 1 atom stereocenters.